The monoisotopic (exact) mass is 236 g/mol. The molecule has 0 aliphatic carbocycles. The van der Waals surface area contributed by atoms with Gasteiger partial charge >= 0.3 is 0 Å². The third-order valence-electron chi connectivity index (χ3n) is 3.21. The van der Waals surface area contributed by atoms with E-state index in [1.54, 1.807) is 0 Å². The summed E-state index contributed by atoms with van der Waals surface area (Å²) >= 11 is 0. The first-order chi connectivity index (χ1) is 8.24. The minimum atomic E-state index is -0.162. The molecule has 1 aliphatic rings. The fourth-order valence-corrected chi connectivity index (χ4v) is 2.35. The summed E-state index contributed by atoms with van der Waals surface area (Å²) in [5, 5.41) is 2.32. The van der Waals surface area contributed by atoms with Crippen molar-refractivity contribution in [3.8, 4) is 0 Å². The number of nitrogens with zero attached hydrogens (tertiary/aromatic N) is 1. The first-order valence-corrected chi connectivity index (χ1v) is 6.49. The Balaban J connectivity index is 1.79. The highest BCUT2D eigenvalue weighted by Crippen LogP contribution is 2.09. The van der Waals surface area contributed by atoms with Gasteiger partial charge in [0.15, 0.2) is 0 Å². The Morgan fingerprint density at radius 2 is 1.82 bits per heavy atom. The van der Waals surface area contributed by atoms with Gasteiger partial charge in [0.1, 0.15) is 5.82 Å². The molecule has 94 valence electrons. The standard InChI is InChI=1S/C14H21FN2/c1-12(16-17-9-3-2-4-10-17)11-13-5-7-14(15)8-6-13/h5-8,12,16H,2-4,9-11H2,1H3. The normalized spacial score (nSPS) is 19.2. The second-order valence-electron chi connectivity index (χ2n) is 4.91. The van der Waals surface area contributed by atoms with Crippen molar-refractivity contribution in [2.75, 3.05) is 13.1 Å². The molecular weight excluding hydrogens is 215 g/mol. The largest absolute Gasteiger partial charge is 0.252 e. The first kappa shape index (κ1) is 12.5. The molecule has 0 radical (unpaired) electrons. The molecule has 2 rings (SSSR count). The second-order valence-corrected chi connectivity index (χ2v) is 4.91. The lowest BCUT2D eigenvalue weighted by atomic mass is 10.1. The van der Waals surface area contributed by atoms with Crippen LogP contribution in [-0.2, 0) is 6.42 Å². The van der Waals surface area contributed by atoms with E-state index in [9.17, 15) is 4.39 Å². The Labute approximate surface area is 103 Å². The van der Waals surface area contributed by atoms with Crippen LogP contribution in [0.5, 0.6) is 0 Å². The predicted molar refractivity (Wildman–Crippen MR) is 68.1 cm³/mol. The molecule has 1 aromatic carbocycles. The lowest BCUT2D eigenvalue weighted by Gasteiger charge is -2.30. The smallest absolute Gasteiger partial charge is 0.123 e. The van der Waals surface area contributed by atoms with Gasteiger partial charge in [0.05, 0.1) is 0 Å². The summed E-state index contributed by atoms with van der Waals surface area (Å²) in [4.78, 5) is 0. The third-order valence-corrected chi connectivity index (χ3v) is 3.21. The van der Waals surface area contributed by atoms with Crippen LogP contribution < -0.4 is 5.43 Å². The first-order valence-electron chi connectivity index (χ1n) is 6.49. The number of hydrogen-bond acceptors (Lipinski definition) is 2. The highest BCUT2D eigenvalue weighted by Gasteiger charge is 2.12. The molecule has 17 heavy (non-hydrogen) atoms. The van der Waals surface area contributed by atoms with Crippen molar-refractivity contribution in [2.45, 2.75) is 38.6 Å². The Bertz CT molecular complexity index is 331. The third kappa shape index (κ3) is 4.10. The molecular formula is C14H21FN2. The minimum absolute atomic E-state index is 0.162. The van der Waals surface area contributed by atoms with Crippen molar-refractivity contribution >= 4 is 0 Å². The van der Waals surface area contributed by atoms with E-state index in [4.69, 9.17) is 0 Å². The number of piperidine rings is 1. The second kappa shape index (κ2) is 6.12. The molecule has 1 aliphatic heterocycles. The fraction of sp³-hybridized carbons (Fsp3) is 0.571. The van der Waals surface area contributed by atoms with Gasteiger partial charge in [0, 0.05) is 19.1 Å². The topological polar surface area (TPSA) is 15.3 Å². The molecule has 1 aromatic rings. The molecule has 1 unspecified atom stereocenters. The van der Waals surface area contributed by atoms with E-state index in [-0.39, 0.29) is 5.82 Å². The van der Waals surface area contributed by atoms with Gasteiger partial charge in [0.25, 0.3) is 0 Å². The van der Waals surface area contributed by atoms with Gasteiger partial charge in [-0.1, -0.05) is 18.6 Å². The Morgan fingerprint density at radius 3 is 2.47 bits per heavy atom. The van der Waals surface area contributed by atoms with Crippen molar-refractivity contribution in [3.63, 3.8) is 0 Å². The van der Waals surface area contributed by atoms with Crippen molar-refractivity contribution in [2.24, 2.45) is 0 Å². The SMILES string of the molecule is CC(Cc1ccc(F)cc1)NN1CCCCC1. The number of benzene rings is 1. The van der Waals surface area contributed by atoms with Gasteiger partial charge in [0.2, 0.25) is 0 Å². The van der Waals surface area contributed by atoms with Crippen LogP contribution in [0.2, 0.25) is 0 Å². The molecule has 0 saturated carbocycles. The van der Waals surface area contributed by atoms with E-state index in [0.717, 1.165) is 19.5 Å². The number of hydrogen-bond donors (Lipinski definition) is 1. The molecule has 1 heterocycles. The maximum Gasteiger partial charge on any atom is 0.123 e. The zero-order valence-electron chi connectivity index (χ0n) is 10.5. The summed E-state index contributed by atoms with van der Waals surface area (Å²) in [7, 11) is 0. The highest BCUT2D eigenvalue weighted by molar-refractivity contribution is 5.16. The van der Waals surface area contributed by atoms with E-state index in [1.807, 2.05) is 12.1 Å². The molecule has 1 N–H and O–H groups in total. The van der Waals surface area contributed by atoms with Crippen molar-refractivity contribution in [1.29, 1.82) is 0 Å². The molecule has 0 spiro atoms. The van der Waals surface area contributed by atoms with Crippen LogP contribution in [0.3, 0.4) is 0 Å². The van der Waals surface area contributed by atoms with Gasteiger partial charge in [-0.25, -0.2) is 9.40 Å². The van der Waals surface area contributed by atoms with Crippen molar-refractivity contribution in [3.05, 3.63) is 35.6 Å². The summed E-state index contributed by atoms with van der Waals surface area (Å²) in [5.41, 5.74) is 4.71. The zero-order chi connectivity index (χ0) is 12.1. The van der Waals surface area contributed by atoms with Crippen LogP contribution in [0.1, 0.15) is 31.7 Å². The van der Waals surface area contributed by atoms with Crippen LogP contribution in [0.4, 0.5) is 4.39 Å². The van der Waals surface area contributed by atoms with E-state index in [1.165, 1.54) is 37.0 Å². The summed E-state index contributed by atoms with van der Waals surface area (Å²) in [6, 6.07) is 7.19. The van der Waals surface area contributed by atoms with E-state index in [2.05, 4.69) is 17.4 Å². The summed E-state index contributed by atoms with van der Waals surface area (Å²) in [6.07, 6.45) is 4.87. The molecule has 0 amide bonds. The van der Waals surface area contributed by atoms with E-state index in [0.29, 0.717) is 6.04 Å². The number of halogens is 1. The van der Waals surface area contributed by atoms with Crippen molar-refractivity contribution in [1.82, 2.24) is 10.4 Å². The summed E-state index contributed by atoms with van der Waals surface area (Å²) < 4.78 is 12.8. The molecule has 2 nitrogen and oxygen atoms in total. The number of hydrazine groups is 1. The van der Waals surface area contributed by atoms with E-state index < -0.39 is 0 Å². The highest BCUT2D eigenvalue weighted by atomic mass is 19.1. The fourth-order valence-electron chi connectivity index (χ4n) is 2.35. The summed E-state index contributed by atoms with van der Waals surface area (Å²) in [6.45, 7) is 4.47. The van der Waals surface area contributed by atoms with Gasteiger partial charge < -0.3 is 0 Å². The van der Waals surface area contributed by atoms with Crippen LogP contribution in [0, 0.1) is 5.82 Å². The molecule has 0 aromatic heterocycles. The molecule has 3 heteroatoms. The molecule has 1 atom stereocenters. The van der Waals surface area contributed by atoms with E-state index >= 15 is 0 Å². The number of nitrogens with one attached hydrogen (secondary N) is 1. The van der Waals surface area contributed by atoms with Gasteiger partial charge in [-0.2, -0.15) is 0 Å². The maximum absolute atomic E-state index is 12.8. The quantitative estimate of drug-likeness (QED) is 0.864. The van der Waals surface area contributed by atoms with Crippen molar-refractivity contribution < 1.29 is 4.39 Å². The molecule has 1 fully saturated rings. The van der Waals surface area contributed by atoms with Gasteiger partial charge in [-0.15, -0.1) is 0 Å². The summed E-state index contributed by atoms with van der Waals surface area (Å²) in [5.74, 6) is -0.162. The lowest BCUT2D eigenvalue weighted by molar-refractivity contribution is 0.132. The Kier molecular flexibility index (Phi) is 4.51. The van der Waals surface area contributed by atoms with Gasteiger partial charge in [-0.05, 0) is 43.9 Å². The van der Waals surface area contributed by atoms with Gasteiger partial charge in [-0.3, -0.25) is 5.43 Å². The van der Waals surface area contributed by atoms with Crippen LogP contribution >= 0.6 is 0 Å². The average Bonchev–Trinajstić information content (AvgIpc) is 2.33. The zero-order valence-corrected chi connectivity index (χ0v) is 10.5. The maximum atomic E-state index is 12.8. The minimum Gasteiger partial charge on any atom is -0.252 e. The Hall–Kier alpha value is -0.930. The van der Waals surface area contributed by atoms with Crippen LogP contribution in [0.25, 0.3) is 0 Å². The average molecular weight is 236 g/mol. The van der Waals surface area contributed by atoms with Crippen LogP contribution in [0.15, 0.2) is 24.3 Å². The predicted octanol–water partition coefficient (Wildman–Crippen LogP) is 2.75. The Morgan fingerprint density at radius 1 is 1.18 bits per heavy atom. The van der Waals surface area contributed by atoms with Crippen LogP contribution in [-0.4, -0.2) is 24.1 Å². The molecule has 0 bridgehead atoms. The lowest BCUT2D eigenvalue weighted by Crippen LogP contribution is -2.46. The molecule has 1 saturated heterocycles. The number of rotatable bonds is 4.